The van der Waals surface area contributed by atoms with E-state index in [9.17, 15) is 0 Å². The maximum absolute atomic E-state index is 2.49. The Bertz CT molecular complexity index is 258. The average Bonchev–Trinajstić information content (AvgIpc) is 2.60. The van der Waals surface area contributed by atoms with Crippen LogP contribution in [0.1, 0.15) is 72.1 Å². The van der Waals surface area contributed by atoms with Crippen LogP contribution in [0.15, 0.2) is 0 Å². The van der Waals surface area contributed by atoms with Gasteiger partial charge in [-0.3, -0.25) is 0 Å². The van der Waals surface area contributed by atoms with E-state index in [-0.39, 0.29) is 0 Å². The highest BCUT2D eigenvalue weighted by Gasteiger charge is 2.69. The number of hydrogen-bond donors (Lipinski definition) is 0. The van der Waals surface area contributed by atoms with E-state index in [2.05, 4.69) is 20.8 Å². The second-order valence-electron chi connectivity index (χ2n) is 7.85. The minimum Gasteiger partial charge on any atom is -0.0599 e. The zero-order chi connectivity index (χ0) is 11.4. The summed E-state index contributed by atoms with van der Waals surface area (Å²) in [6.45, 7) is 7.48. The summed E-state index contributed by atoms with van der Waals surface area (Å²) in [6.07, 6.45) is 12.3. The summed E-state index contributed by atoms with van der Waals surface area (Å²) in [5, 5.41) is 0. The fourth-order valence-electron chi connectivity index (χ4n) is 5.66. The Kier molecular flexibility index (Phi) is 2.43. The Labute approximate surface area is 101 Å². The van der Waals surface area contributed by atoms with Crippen LogP contribution in [0.25, 0.3) is 0 Å². The zero-order valence-electron chi connectivity index (χ0n) is 11.4. The Hall–Kier alpha value is 0. The van der Waals surface area contributed by atoms with Gasteiger partial charge in [0, 0.05) is 0 Å². The fraction of sp³-hybridized carbons (Fsp3) is 1.00. The van der Waals surface area contributed by atoms with Gasteiger partial charge in [-0.2, -0.15) is 0 Å². The van der Waals surface area contributed by atoms with Gasteiger partial charge in [-0.1, -0.05) is 59.3 Å². The molecule has 3 saturated carbocycles. The van der Waals surface area contributed by atoms with Crippen molar-refractivity contribution in [3.63, 3.8) is 0 Å². The van der Waals surface area contributed by atoms with Crippen molar-refractivity contribution in [1.29, 1.82) is 0 Å². The van der Waals surface area contributed by atoms with E-state index in [1.807, 2.05) is 0 Å². The summed E-state index contributed by atoms with van der Waals surface area (Å²) in [7, 11) is 0. The molecule has 16 heavy (non-hydrogen) atoms. The molecule has 0 aliphatic heterocycles. The Morgan fingerprint density at radius 3 is 1.94 bits per heavy atom. The van der Waals surface area contributed by atoms with E-state index < -0.39 is 0 Å². The van der Waals surface area contributed by atoms with Crippen molar-refractivity contribution in [3.05, 3.63) is 0 Å². The zero-order valence-corrected chi connectivity index (χ0v) is 11.4. The lowest BCUT2D eigenvalue weighted by Gasteiger charge is -2.22. The highest BCUT2D eigenvalue weighted by Crippen LogP contribution is 2.76. The molecule has 0 saturated heterocycles. The molecule has 0 heterocycles. The van der Waals surface area contributed by atoms with Gasteiger partial charge in [0.25, 0.3) is 0 Å². The first-order valence-corrected chi connectivity index (χ1v) is 7.56. The third-order valence-corrected chi connectivity index (χ3v) is 5.91. The molecule has 3 aliphatic rings. The second-order valence-corrected chi connectivity index (χ2v) is 7.85. The smallest absolute Gasteiger partial charge is 0.0227 e. The average molecular weight is 220 g/mol. The summed E-state index contributed by atoms with van der Waals surface area (Å²) in [5.74, 6) is 3.30. The van der Waals surface area contributed by atoms with Gasteiger partial charge in [0.15, 0.2) is 0 Å². The molecule has 3 aliphatic carbocycles. The molecule has 1 spiro atoms. The molecule has 0 aromatic heterocycles. The molecule has 0 radical (unpaired) electrons. The monoisotopic (exact) mass is 220 g/mol. The minimum absolute atomic E-state index is 0.567. The molecule has 3 rings (SSSR count). The summed E-state index contributed by atoms with van der Waals surface area (Å²) in [6, 6.07) is 0. The first-order chi connectivity index (χ1) is 7.56. The van der Waals surface area contributed by atoms with Crippen LogP contribution in [0.3, 0.4) is 0 Å². The lowest BCUT2D eigenvalue weighted by atomic mass is 9.83. The van der Waals surface area contributed by atoms with E-state index in [1.165, 1.54) is 25.7 Å². The Morgan fingerprint density at radius 1 is 0.875 bits per heavy atom. The van der Waals surface area contributed by atoms with E-state index in [0.717, 1.165) is 23.2 Å². The third kappa shape index (κ3) is 1.48. The van der Waals surface area contributed by atoms with Crippen LogP contribution >= 0.6 is 0 Å². The van der Waals surface area contributed by atoms with Crippen LogP contribution in [0.5, 0.6) is 0 Å². The molecule has 0 aromatic rings. The third-order valence-electron chi connectivity index (χ3n) is 5.91. The van der Waals surface area contributed by atoms with E-state index in [0.29, 0.717) is 5.41 Å². The molecule has 0 nitrogen and oxygen atoms in total. The molecule has 0 amide bonds. The van der Waals surface area contributed by atoms with Crippen LogP contribution in [0.2, 0.25) is 0 Å². The second kappa shape index (κ2) is 3.50. The Morgan fingerprint density at radius 2 is 1.44 bits per heavy atom. The summed E-state index contributed by atoms with van der Waals surface area (Å²) >= 11 is 0. The van der Waals surface area contributed by atoms with Gasteiger partial charge in [-0.05, 0) is 41.4 Å². The predicted octanol–water partition coefficient (Wildman–Crippen LogP) is 5.03. The quantitative estimate of drug-likeness (QED) is 0.581. The maximum atomic E-state index is 2.49. The molecule has 0 heteroatoms. The van der Waals surface area contributed by atoms with Crippen molar-refractivity contribution in [2.24, 2.45) is 28.6 Å². The summed E-state index contributed by atoms with van der Waals surface area (Å²) in [5.41, 5.74) is 1.39. The SMILES string of the molecule is CC(C)(C)C1C(C2CCCC2)C12CCCC2. The van der Waals surface area contributed by atoms with Crippen molar-refractivity contribution in [2.45, 2.75) is 72.1 Å². The fourth-order valence-corrected chi connectivity index (χ4v) is 5.66. The van der Waals surface area contributed by atoms with Crippen molar-refractivity contribution < 1.29 is 0 Å². The number of hydrogen-bond acceptors (Lipinski definition) is 0. The molecular formula is C16H28. The largest absolute Gasteiger partial charge is 0.0599 e. The predicted molar refractivity (Wildman–Crippen MR) is 69.3 cm³/mol. The van der Waals surface area contributed by atoms with Gasteiger partial charge in [0.05, 0.1) is 0 Å². The highest BCUT2D eigenvalue weighted by atomic mass is 14.7. The highest BCUT2D eigenvalue weighted by molar-refractivity contribution is 5.17. The van der Waals surface area contributed by atoms with Crippen LogP contribution in [0.4, 0.5) is 0 Å². The van der Waals surface area contributed by atoms with Crippen LogP contribution < -0.4 is 0 Å². The van der Waals surface area contributed by atoms with Gasteiger partial charge in [0.1, 0.15) is 0 Å². The molecule has 0 bridgehead atoms. The topological polar surface area (TPSA) is 0 Å². The van der Waals surface area contributed by atoms with E-state index in [1.54, 1.807) is 25.7 Å². The van der Waals surface area contributed by atoms with Crippen LogP contribution in [0, 0.1) is 28.6 Å². The molecule has 3 fully saturated rings. The van der Waals surface area contributed by atoms with Crippen molar-refractivity contribution in [3.8, 4) is 0 Å². The van der Waals surface area contributed by atoms with Crippen molar-refractivity contribution >= 4 is 0 Å². The molecule has 92 valence electrons. The maximum Gasteiger partial charge on any atom is -0.0227 e. The lowest BCUT2D eigenvalue weighted by Crippen LogP contribution is -2.14. The van der Waals surface area contributed by atoms with Gasteiger partial charge < -0.3 is 0 Å². The molecule has 2 atom stereocenters. The van der Waals surface area contributed by atoms with Crippen LogP contribution in [-0.2, 0) is 0 Å². The summed E-state index contributed by atoms with van der Waals surface area (Å²) < 4.78 is 0. The van der Waals surface area contributed by atoms with E-state index >= 15 is 0 Å². The standard InChI is InChI=1S/C16H28/c1-15(2,3)14-13(12-8-4-5-9-12)16(14)10-6-7-11-16/h12-14H,4-11H2,1-3H3. The first kappa shape index (κ1) is 11.1. The van der Waals surface area contributed by atoms with Crippen molar-refractivity contribution in [2.75, 3.05) is 0 Å². The molecular weight excluding hydrogens is 192 g/mol. The van der Waals surface area contributed by atoms with Crippen molar-refractivity contribution in [1.82, 2.24) is 0 Å². The van der Waals surface area contributed by atoms with Gasteiger partial charge >= 0.3 is 0 Å². The molecule has 0 N–H and O–H groups in total. The first-order valence-electron chi connectivity index (χ1n) is 7.56. The Balaban J connectivity index is 1.81. The summed E-state index contributed by atoms with van der Waals surface area (Å²) in [4.78, 5) is 0. The van der Waals surface area contributed by atoms with Gasteiger partial charge in [-0.15, -0.1) is 0 Å². The lowest BCUT2D eigenvalue weighted by molar-refractivity contribution is 0.276. The number of rotatable bonds is 1. The molecule has 0 aromatic carbocycles. The molecule has 2 unspecified atom stereocenters. The van der Waals surface area contributed by atoms with Gasteiger partial charge in [0.2, 0.25) is 0 Å². The minimum atomic E-state index is 0.567. The van der Waals surface area contributed by atoms with Crippen LogP contribution in [-0.4, -0.2) is 0 Å². The van der Waals surface area contributed by atoms with E-state index in [4.69, 9.17) is 0 Å². The van der Waals surface area contributed by atoms with Gasteiger partial charge in [-0.25, -0.2) is 0 Å². The normalized spacial score (nSPS) is 38.4.